The highest BCUT2D eigenvalue weighted by Gasteiger charge is 2.52. The lowest BCUT2D eigenvalue weighted by Crippen LogP contribution is -2.51. The Morgan fingerprint density at radius 2 is 1.79 bits per heavy atom. The molecule has 56 heavy (non-hydrogen) atoms. The van der Waals surface area contributed by atoms with Gasteiger partial charge in [0.1, 0.15) is 23.4 Å². The first-order valence-electron chi connectivity index (χ1n) is 19.5. The molecule has 0 spiro atoms. The Hall–Kier alpha value is -4.66. The summed E-state index contributed by atoms with van der Waals surface area (Å²) in [6, 6.07) is 14.9. The van der Waals surface area contributed by atoms with Crippen LogP contribution in [0.3, 0.4) is 0 Å². The van der Waals surface area contributed by atoms with Crippen molar-refractivity contribution in [2.45, 2.75) is 103 Å². The zero-order chi connectivity index (χ0) is 39.3. The van der Waals surface area contributed by atoms with Crippen molar-refractivity contribution in [1.82, 2.24) is 24.8 Å². The molecule has 14 heteroatoms. The summed E-state index contributed by atoms with van der Waals surface area (Å²) in [5.41, 5.74) is 3.18. The summed E-state index contributed by atoms with van der Waals surface area (Å²) in [5, 5.41) is 3.63. The van der Waals surface area contributed by atoms with Crippen molar-refractivity contribution in [2.24, 2.45) is 5.92 Å². The van der Waals surface area contributed by atoms with Crippen molar-refractivity contribution < 1.29 is 32.8 Å². The molecule has 6 heterocycles. The molecule has 2 aromatic carbocycles. The average Bonchev–Trinajstić information content (AvgIpc) is 3.62. The quantitative estimate of drug-likeness (QED) is 0.153. The number of H-pyrrole nitrogens is 1. The number of aromatic nitrogens is 3. The van der Waals surface area contributed by atoms with Gasteiger partial charge in [0.25, 0.3) is 0 Å². The minimum atomic E-state index is -0.744. The minimum Gasteiger partial charge on any atom is -0.464 e. The molecule has 11 nitrogen and oxygen atoms in total. The molecule has 3 aromatic heterocycles. The number of nitrogens with zero attached hydrogens (tertiary/aromatic N) is 3. The van der Waals surface area contributed by atoms with Gasteiger partial charge < -0.3 is 34.0 Å². The van der Waals surface area contributed by atoms with E-state index in [1.54, 1.807) is 22.4 Å². The first-order chi connectivity index (χ1) is 26.7. The number of fused-ring (bicyclic) bond motifs is 5. The summed E-state index contributed by atoms with van der Waals surface area (Å²) in [5.74, 6) is 0.879. The number of hydrogen-bond acceptors (Lipinski definition) is 8. The number of methoxy groups -OCH3 is 1. The predicted octanol–water partition coefficient (Wildman–Crippen LogP) is 8.06. The lowest BCUT2D eigenvalue weighted by molar-refractivity contribution is -0.135. The number of halogens is 1. The number of carbonyl (C=O) groups is 2. The molecule has 3 atom stereocenters. The number of rotatable bonds is 8. The molecule has 0 bridgehead atoms. The maximum absolute atomic E-state index is 16.7. The number of carbonyl (C=O) groups excluding carboxylic acids is 2. The number of benzene rings is 2. The molecule has 9 rings (SSSR count). The van der Waals surface area contributed by atoms with Gasteiger partial charge in [-0.2, -0.15) is 0 Å². The standard InChI is InChI=1S/C42H47BFN5O6S/c1-22(2)36(47-40(51)52-7)38(50)48-16-8-9-30(48)37-45-21-28(46-37)24-18-27(44)35-31-19-25-17-26(43-54-41(3,4)42(5,6)55-43)12-13-29(25)49(31)39(53-32(35)20-24)34-15-14-33(56-34)23-10-11-23/h12-15,17-23,30,36,39H,8-11,16H2,1-7H3,(H,45,46)(H,47,51)/t30-,36-,39-/m0/s1. The van der Waals surface area contributed by atoms with E-state index in [0.717, 1.165) is 33.4 Å². The van der Waals surface area contributed by atoms with Crippen LogP contribution in [0.25, 0.3) is 33.4 Å². The Bertz CT molecular complexity index is 2350. The van der Waals surface area contributed by atoms with Crippen LogP contribution in [0, 0.1) is 11.7 Å². The van der Waals surface area contributed by atoms with Gasteiger partial charge in [-0.05, 0) is 107 Å². The normalized spacial score (nSPS) is 21.6. The second kappa shape index (κ2) is 13.5. The van der Waals surface area contributed by atoms with Gasteiger partial charge in [0, 0.05) is 22.4 Å². The highest BCUT2D eigenvalue weighted by molar-refractivity contribution is 7.12. The Labute approximate surface area is 330 Å². The average molecular weight is 780 g/mol. The monoisotopic (exact) mass is 779 g/mol. The van der Waals surface area contributed by atoms with E-state index in [0.29, 0.717) is 47.3 Å². The predicted molar refractivity (Wildman–Crippen MR) is 214 cm³/mol. The largest absolute Gasteiger partial charge is 0.494 e. The van der Waals surface area contributed by atoms with Crippen LogP contribution in [0.2, 0.25) is 0 Å². The second-order valence-corrected chi connectivity index (χ2v) is 18.0. The molecule has 3 fully saturated rings. The molecule has 292 valence electrons. The molecule has 0 radical (unpaired) electrons. The van der Waals surface area contributed by atoms with Crippen LogP contribution in [0.5, 0.6) is 5.75 Å². The number of imidazole rings is 1. The third-order valence-electron chi connectivity index (χ3n) is 12.2. The first-order valence-corrected chi connectivity index (χ1v) is 20.4. The summed E-state index contributed by atoms with van der Waals surface area (Å²) in [6.07, 6.45) is 4.41. The van der Waals surface area contributed by atoms with E-state index < -0.39 is 42.5 Å². The van der Waals surface area contributed by atoms with Crippen molar-refractivity contribution in [3.8, 4) is 28.3 Å². The first kappa shape index (κ1) is 37.0. The molecule has 5 aromatic rings. The Kier molecular flexibility index (Phi) is 8.90. The highest BCUT2D eigenvalue weighted by atomic mass is 32.1. The van der Waals surface area contributed by atoms with Gasteiger partial charge in [-0.25, -0.2) is 14.2 Å². The zero-order valence-corrected chi connectivity index (χ0v) is 33.6. The van der Waals surface area contributed by atoms with Crippen LogP contribution in [-0.4, -0.2) is 69.5 Å². The minimum absolute atomic E-state index is 0.150. The molecule has 2 N–H and O–H groups in total. The number of hydrogen-bond donors (Lipinski definition) is 2. The Morgan fingerprint density at radius 3 is 2.50 bits per heavy atom. The summed E-state index contributed by atoms with van der Waals surface area (Å²) in [4.78, 5) is 38.0. The molecule has 2 saturated heterocycles. The third-order valence-corrected chi connectivity index (χ3v) is 13.5. The summed E-state index contributed by atoms with van der Waals surface area (Å²) in [6.45, 7) is 12.5. The zero-order valence-electron chi connectivity index (χ0n) is 32.8. The molecule has 4 aliphatic rings. The van der Waals surface area contributed by atoms with Gasteiger partial charge in [-0.15, -0.1) is 11.3 Å². The van der Waals surface area contributed by atoms with E-state index >= 15 is 4.39 Å². The second-order valence-electron chi connectivity index (χ2n) is 16.9. The van der Waals surface area contributed by atoms with Gasteiger partial charge in [0.2, 0.25) is 12.1 Å². The Balaban J connectivity index is 1.07. The molecule has 3 aliphatic heterocycles. The smallest absolute Gasteiger partial charge is 0.464 e. The summed E-state index contributed by atoms with van der Waals surface area (Å²) < 4.78 is 43.2. The van der Waals surface area contributed by atoms with E-state index in [9.17, 15) is 9.59 Å². The van der Waals surface area contributed by atoms with Gasteiger partial charge in [-0.1, -0.05) is 26.0 Å². The number of amides is 2. The van der Waals surface area contributed by atoms with Crippen molar-refractivity contribution in [1.29, 1.82) is 0 Å². The van der Waals surface area contributed by atoms with Crippen LogP contribution in [0.15, 0.2) is 54.7 Å². The Morgan fingerprint density at radius 1 is 1.04 bits per heavy atom. The lowest BCUT2D eigenvalue weighted by Gasteiger charge is -2.32. The van der Waals surface area contributed by atoms with E-state index in [2.05, 4.69) is 39.1 Å². The van der Waals surface area contributed by atoms with Gasteiger partial charge in [0.15, 0.2) is 0 Å². The van der Waals surface area contributed by atoms with Crippen LogP contribution in [0.4, 0.5) is 9.18 Å². The fraction of sp³-hybridized carbons (Fsp3) is 0.452. The lowest BCUT2D eigenvalue weighted by atomic mass is 9.78. The number of alkyl carbamates (subject to hydrolysis) is 1. The van der Waals surface area contributed by atoms with Crippen LogP contribution < -0.4 is 15.5 Å². The fourth-order valence-electron chi connectivity index (χ4n) is 8.20. The van der Waals surface area contributed by atoms with Crippen LogP contribution in [-0.2, 0) is 18.8 Å². The van der Waals surface area contributed by atoms with Crippen LogP contribution in [0.1, 0.15) is 101 Å². The molecule has 1 saturated carbocycles. The number of nitrogens with one attached hydrogen (secondary N) is 2. The number of thiophene rings is 1. The van der Waals surface area contributed by atoms with Gasteiger partial charge in [-0.3, -0.25) is 9.36 Å². The van der Waals surface area contributed by atoms with Crippen molar-refractivity contribution in [3.05, 3.63) is 76.1 Å². The van der Waals surface area contributed by atoms with Gasteiger partial charge >= 0.3 is 13.2 Å². The molecule has 1 aliphatic carbocycles. The number of likely N-dealkylation sites (tertiary alicyclic amines) is 1. The maximum atomic E-state index is 16.7. The highest BCUT2D eigenvalue weighted by Crippen LogP contribution is 2.50. The van der Waals surface area contributed by atoms with Gasteiger partial charge in [0.05, 0.1) is 57.9 Å². The maximum Gasteiger partial charge on any atom is 0.494 e. The van der Waals surface area contributed by atoms with E-state index in [-0.39, 0.29) is 17.9 Å². The topological polar surface area (TPSA) is 120 Å². The van der Waals surface area contributed by atoms with Crippen LogP contribution >= 0.6 is 11.3 Å². The SMILES string of the molecule is COC(=O)N[C@H](C(=O)N1CCC[C@H]1c1ncc(-c2cc(F)c3c(c2)O[C@@H](c2ccc(C4CC4)s2)n2c-3cc3cc(B4OC(C)(C)C(C)(C)O4)ccc32)[nH]1)C(C)C. The summed E-state index contributed by atoms with van der Waals surface area (Å²) >= 11 is 1.76. The van der Waals surface area contributed by atoms with Crippen molar-refractivity contribution in [3.63, 3.8) is 0 Å². The third kappa shape index (κ3) is 6.20. The number of aromatic amines is 1. The molecular weight excluding hydrogens is 732 g/mol. The number of ether oxygens (including phenoxy) is 2. The van der Waals surface area contributed by atoms with E-state index in [1.165, 1.54) is 30.9 Å². The molecule has 0 unspecified atom stereocenters. The van der Waals surface area contributed by atoms with Crippen molar-refractivity contribution >= 4 is 46.8 Å². The van der Waals surface area contributed by atoms with Crippen molar-refractivity contribution in [2.75, 3.05) is 13.7 Å². The van der Waals surface area contributed by atoms with E-state index in [1.807, 2.05) is 59.7 Å². The fourth-order valence-corrected chi connectivity index (χ4v) is 9.40. The molecule has 2 amide bonds. The van der Waals surface area contributed by atoms with E-state index in [4.69, 9.17) is 23.8 Å². The molecular formula is C42H47BFN5O6S. The summed E-state index contributed by atoms with van der Waals surface area (Å²) in [7, 11) is 0.751.